The Balaban J connectivity index is 1.72. The standard InChI is InChI=1S/C28H33F3N4O5S/c1-16(2)23-22(14-32)25(33-18(5)24(23)27(37)40-17(3)4)35-12-10-20(11-13-35)26(36)34-41(38,39)15-19-6-8-21(9-7-19)28(29,30)31/h6-9,16-17,20H,10-13,15H2,1-5H3,(H,34,36). The normalized spacial score (nSPS) is 14.7. The summed E-state index contributed by atoms with van der Waals surface area (Å²) in [7, 11) is -4.14. The van der Waals surface area contributed by atoms with Crippen LogP contribution in [-0.4, -0.2) is 44.5 Å². The van der Waals surface area contributed by atoms with Crippen LogP contribution in [0.2, 0.25) is 0 Å². The van der Waals surface area contributed by atoms with Gasteiger partial charge in [-0.2, -0.15) is 18.4 Å². The second-order valence-corrected chi connectivity index (χ2v) is 12.3. The molecule has 1 saturated heterocycles. The minimum atomic E-state index is -4.54. The number of hydrogen-bond acceptors (Lipinski definition) is 8. The molecular formula is C28H33F3N4O5S. The number of sulfonamides is 1. The summed E-state index contributed by atoms with van der Waals surface area (Å²) in [5, 5.41) is 10.0. The topological polar surface area (TPSA) is 129 Å². The number of alkyl halides is 3. The molecule has 41 heavy (non-hydrogen) atoms. The third-order valence-corrected chi connectivity index (χ3v) is 7.92. The number of nitrogens with one attached hydrogen (secondary N) is 1. The molecule has 222 valence electrons. The smallest absolute Gasteiger partial charge is 0.416 e. The van der Waals surface area contributed by atoms with E-state index in [2.05, 4.69) is 11.1 Å². The molecular weight excluding hydrogens is 561 g/mol. The van der Waals surface area contributed by atoms with Gasteiger partial charge in [-0.15, -0.1) is 0 Å². The third kappa shape index (κ3) is 7.75. The number of carbonyl (C=O) groups excluding carboxylic acids is 2. The summed E-state index contributed by atoms with van der Waals surface area (Å²) in [6, 6.07) is 5.89. The summed E-state index contributed by atoms with van der Waals surface area (Å²) >= 11 is 0. The Hall–Kier alpha value is -3.66. The predicted octanol–water partition coefficient (Wildman–Crippen LogP) is 4.83. The molecule has 1 aromatic carbocycles. The van der Waals surface area contributed by atoms with Gasteiger partial charge < -0.3 is 9.64 Å². The molecule has 0 saturated carbocycles. The highest BCUT2D eigenvalue weighted by molar-refractivity contribution is 7.89. The van der Waals surface area contributed by atoms with Crippen molar-refractivity contribution in [3.05, 3.63) is 57.8 Å². The number of anilines is 1. The van der Waals surface area contributed by atoms with Crippen molar-refractivity contribution in [1.82, 2.24) is 9.71 Å². The average molecular weight is 595 g/mol. The Morgan fingerprint density at radius 2 is 1.73 bits per heavy atom. The van der Waals surface area contributed by atoms with Gasteiger partial charge in [0, 0.05) is 19.0 Å². The third-order valence-electron chi connectivity index (χ3n) is 6.69. The number of ether oxygens (including phenoxy) is 1. The van der Waals surface area contributed by atoms with E-state index in [-0.39, 0.29) is 41.6 Å². The summed E-state index contributed by atoms with van der Waals surface area (Å²) in [5.74, 6) is -2.32. The number of piperidine rings is 1. The molecule has 0 spiro atoms. The Bertz CT molecular complexity index is 1440. The minimum Gasteiger partial charge on any atom is -0.459 e. The largest absolute Gasteiger partial charge is 0.459 e. The van der Waals surface area contributed by atoms with E-state index in [1.165, 1.54) is 0 Å². The molecule has 0 atom stereocenters. The van der Waals surface area contributed by atoms with Crippen LogP contribution in [0.5, 0.6) is 0 Å². The molecule has 3 rings (SSSR count). The molecule has 0 aliphatic carbocycles. The maximum Gasteiger partial charge on any atom is 0.416 e. The maximum atomic E-state index is 12.8. The van der Waals surface area contributed by atoms with Crippen LogP contribution in [0.3, 0.4) is 0 Å². The van der Waals surface area contributed by atoms with E-state index < -0.39 is 45.3 Å². The predicted molar refractivity (Wildman–Crippen MR) is 145 cm³/mol. The number of hydrogen-bond donors (Lipinski definition) is 1. The van der Waals surface area contributed by atoms with Crippen molar-refractivity contribution in [2.45, 2.75) is 71.4 Å². The number of aryl methyl sites for hydroxylation is 1. The van der Waals surface area contributed by atoms with Gasteiger partial charge in [-0.25, -0.2) is 18.2 Å². The van der Waals surface area contributed by atoms with E-state index in [4.69, 9.17) is 4.74 Å². The molecule has 1 fully saturated rings. The Morgan fingerprint density at radius 3 is 2.22 bits per heavy atom. The fourth-order valence-corrected chi connectivity index (χ4v) is 5.97. The number of aromatic nitrogens is 1. The van der Waals surface area contributed by atoms with Gasteiger partial charge in [-0.1, -0.05) is 26.0 Å². The molecule has 2 heterocycles. The van der Waals surface area contributed by atoms with Crippen molar-refractivity contribution < 1.29 is 35.9 Å². The zero-order valence-corrected chi connectivity index (χ0v) is 24.3. The van der Waals surface area contributed by atoms with Crippen LogP contribution < -0.4 is 9.62 Å². The molecule has 1 aliphatic rings. The lowest BCUT2D eigenvalue weighted by Gasteiger charge is -2.33. The zero-order chi connectivity index (χ0) is 30.7. The highest BCUT2D eigenvalue weighted by Crippen LogP contribution is 2.34. The molecule has 1 N–H and O–H groups in total. The van der Waals surface area contributed by atoms with Crippen LogP contribution in [0.15, 0.2) is 24.3 Å². The van der Waals surface area contributed by atoms with Crippen molar-refractivity contribution >= 4 is 27.7 Å². The van der Waals surface area contributed by atoms with Gasteiger partial charge in [-0.3, -0.25) is 9.52 Å². The molecule has 0 radical (unpaired) electrons. The Morgan fingerprint density at radius 1 is 1.15 bits per heavy atom. The van der Waals surface area contributed by atoms with E-state index in [0.717, 1.165) is 24.3 Å². The van der Waals surface area contributed by atoms with Crippen LogP contribution in [0.4, 0.5) is 19.0 Å². The van der Waals surface area contributed by atoms with Gasteiger partial charge in [-0.05, 0) is 62.8 Å². The quantitative estimate of drug-likeness (QED) is 0.430. The first kappa shape index (κ1) is 31.9. The molecule has 0 bridgehead atoms. The Kier molecular flexibility index (Phi) is 9.69. The maximum absolute atomic E-state index is 12.8. The SMILES string of the molecule is Cc1nc(N2CCC(C(=O)NS(=O)(=O)Cc3ccc(C(F)(F)F)cc3)CC2)c(C#N)c(C(C)C)c1C(=O)OC(C)C. The number of esters is 1. The second-order valence-electron chi connectivity index (χ2n) is 10.6. The molecule has 1 amide bonds. The number of rotatable bonds is 8. The number of carbonyl (C=O) groups is 2. The highest BCUT2D eigenvalue weighted by Gasteiger charge is 2.33. The molecule has 13 heteroatoms. The lowest BCUT2D eigenvalue weighted by Crippen LogP contribution is -2.43. The average Bonchev–Trinajstić information content (AvgIpc) is 2.86. The number of nitrogens with zero attached hydrogens (tertiary/aromatic N) is 3. The van der Waals surface area contributed by atoms with E-state index in [1.54, 1.807) is 20.8 Å². The Labute approximate surface area is 237 Å². The first-order chi connectivity index (χ1) is 19.0. The van der Waals surface area contributed by atoms with Crippen molar-refractivity contribution in [3.8, 4) is 6.07 Å². The van der Waals surface area contributed by atoms with Crippen LogP contribution in [0, 0.1) is 24.2 Å². The van der Waals surface area contributed by atoms with Gasteiger partial charge in [0.25, 0.3) is 0 Å². The van der Waals surface area contributed by atoms with Gasteiger partial charge in [0.05, 0.1) is 34.2 Å². The molecule has 9 nitrogen and oxygen atoms in total. The molecule has 0 unspecified atom stereocenters. The van der Waals surface area contributed by atoms with Crippen LogP contribution in [-0.2, 0) is 31.5 Å². The first-order valence-electron chi connectivity index (χ1n) is 13.1. The highest BCUT2D eigenvalue weighted by atomic mass is 32.2. The molecule has 1 aliphatic heterocycles. The van der Waals surface area contributed by atoms with Gasteiger partial charge in [0.2, 0.25) is 15.9 Å². The number of pyridine rings is 1. The van der Waals surface area contributed by atoms with Gasteiger partial charge >= 0.3 is 12.1 Å². The fourth-order valence-electron chi connectivity index (χ4n) is 4.79. The van der Waals surface area contributed by atoms with E-state index >= 15 is 0 Å². The second kappa shape index (κ2) is 12.5. The monoisotopic (exact) mass is 594 g/mol. The summed E-state index contributed by atoms with van der Waals surface area (Å²) in [5.41, 5.74) is 0.687. The number of benzene rings is 1. The van der Waals surface area contributed by atoms with E-state index in [1.807, 2.05) is 23.5 Å². The number of halogens is 3. The molecule has 2 aromatic rings. The number of amides is 1. The summed E-state index contributed by atoms with van der Waals surface area (Å²) < 4.78 is 70.8. The van der Waals surface area contributed by atoms with E-state index in [0.29, 0.717) is 30.2 Å². The fraction of sp³-hybridized carbons (Fsp3) is 0.500. The van der Waals surface area contributed by atoms with Crippen molar-refractivity contribution in [3.63, 3.8) is 0 Å². The van der Waals surface area contributed by atoms with Crippen molar-refractivity contribution in [2.24, 2.45) is 5.92 Å². The van der Waals surface area contributed by atoms with Crippen LogP contribution in [0.25, 0.3) is 0 Å². The summed E-state index contributed by atoms with van der Waals surface area (Å²) in [4.78, 5) is 32.0. The minimum absolute atomic E-state index is 0.111. The van der Waals surface area contributed by atoms with Crippen molar-refractivity contribution in [2.75, 3.05) is 18.0 Å². The lowest BCUT2D eigenvalue weighted by atomic mass is 9.90. The number of nitriles is 1. The van der Waals surface area contributed by atoms with Gasteiger partial charge in [0.15, 0.2) is 0 Å². The summed E-state index contributed by atoms with van der Waals surface area (Å²) in [6.45, 7) is 9.50. The first-order valence-corrected chi connectivity index (χ1v) is 14.8. The molecule has 1 aromatic heterocycles. The van der Waals surface area contributed by atoms with Crippen LogP contribution >= 0.6 is 0 Å². The van der Waals surface area contributed by atoms with Gasteiger partial charge in [0.1, 0.15) is 11.9 Å². The van der Waals surface area contributed by atoms with Crippen LogP contribution in [0.1, 0.15) is 84.8 Å². The lowest BCUT2D eigenvalue weighted by molar-refractivity contribution is -0.137. The summed E-state index contributed by atoms with van der Waals surface area (Å²) in [6.07, 6.45) is -4.33. The van der Waals surface area contributed by atoms with Crippen molar-refractivity contribution in [1.29, 1.82) is 5.26 Å². The zero-order valence-electron chi connectivity index (χ0n) is 23.5. The van der Waals surface area contributed by atoms with E-state index in [9.17, 15) is 36.4 Å².